The SMILES string of the molecule is CCC1C(=O)N2CCCC2C(=O)N1C(C)CC(C)C. The van der Waals surface area contributed by atoms with E-state index in [1.165, 1.54) is 0 Å². The molecule has 0 saturated carbocycles. The van der Waals surface area contributed by atoms with Crippen molar-refractivity contribution in [2.24, 2.45) is 5.92 Å². The van der Waals surface area contributed by atoms with Crippen molar-refractivity contribution < 1.29 is 9.59 Å². The van der Waals surface area contributed by atoms with Gasteiger partial charge in [-0.15, -0.1) is 0 Å². The predicted molar refractivity (Wildman–Crippen MR) is 74.6 cm³/mol. The summed E-state index contributed by atoms with van der Waals surface area (Å²) in [7, 11) is 0. The van der Waals surface area contributed by atoms with E-state index < -0.39 is 0 Å². The van der Waals surface area contributed by atoms with Crippen molar-refractivity contribution in [1.29, 1.82) is 0 Å². The average Bonchev–Trinajstić information content (AvgIpc) is 2.81. The van der Waals surface area contributed by atoms with Gasteiger partial charge >= 0.3 is 0 Å². The maximum absolute atomic E-state index is 12.7. The minimum atomic E-state index is -0.240. The summed E-state index contributed by atoms with van der Waals surface area (Å²) in [6.45, 7) is 9.17. The standard InChI is InChI=1S/C15H26N2O2/c1-5-12-14(18)16-8-6-7-13(16)15(19)17(12)11(4)9-10(2)3/h10-13H,5-9H2,1-4H3. The summed E-state index contributed by atoms with van der Waals surface area (Å²) in [5, 5.41) is 0. The van der Waals surface area contributed by atoms with Gasteiger partial charge in [-0.25, -0.2) is 0 Å². The number of carbonyl (C=O) groups is 2. The van der Waals surface area contributed by atoms with Crippen LogP contribution in [0.15, 0.2) is 0 Å². The van der Waals surface area contributed by atoms with E-state index in [1.54, 1.807) is 0 Å². The van der Waals surface area contributed by atoms with E-state index in [-0.39, 0.29) is 29.9 Å². The molecule has 2 aliphatic heterocycles. The van der Waals surface area contributed by atoms with Gasteiger partial charge in [-0.3, -0.25) is 9.59 Å². The molecule has 0 bridgehead atoms. The topological polar surface area (TPSA) is 40.6 Å². The summed E-state index contributed by atoms with van der Waals surface area (Å²) >= 11 is 0. The van der Waals surface area contributed by atoms with Crippen LogP contribution in [-0.2, 0) is 9.59 Å². The number of nitrogens with zero attached hydrogens (tertiary/aromatic N) is 2. The molecule has 0 radical (unpaired) electrons. The van der Waals surface area contributed by atoms with Crippen LogP contribution in [0, 0.1) is 5.92 Å². The Morgan fingerprint density at radius 1 is 1.21 bits per heavy atom. The molecular formula is C15H26N2O2. The minimum Gasteiger partial charge on any atom is -0.329 e. The number of piperazine rings is 1. The summed E-state index contributed by atoms with van der Waals surface area (Å²) in [5.74, 6) is 0.884. The van der Waals surface area contributed by atoms with Gasteiger partial charge in [0.2, 0.25) is 11.8 Å². The van der Waals surface area contributed by atoms with E-state index in [9.17, 15) is 9.59 Å². The lowest BCUT2D eigenvalue weighted by molar-refractivity contribution is -0.162. The number of fused-ring (bicyclic) bond motifs is 1. The van der Waals surface area contributed by atoms with Crippen molar-refractivity contribution in [2.45, 2.75) is 71.5 Å². The highest BCUT2D eigenvalue weighted by molar-refractivity contribution is 5.97. The van der Waals surface area contributed by atoms with Crippen LogP contribution in [-0.4, -0.2) is 46.3 Å². The number of hydrogen-bond donors (Lipinski definition) is 0. The van der Waals surface area contributed by atoms with Gasteiger partial charge in [0, 0.05) is 12.6 Å². The Morgan fingerprint density at radius 3 is 2.47 bits per heavy atom. The third-order valence-electron chi connectivity index (χ3n) is 4.37. The third kappa shape index (κ3) is 2.49. The van der Waals surface area contributed by atoms with Gasteiger partial charge in [0.1, 0.15) is 12.1 Å². The van der Waals surface area contributed by atoms with E-state index in [0.29, 0.717) is 5.92 Å². The van der Waals surface area contributed by atoms with Gasteiger partial charge in [0.25, 0.3) is 0 Å². The van der Waals surface area contributed by atoms with Gasteiger partial charge in [-0.2, -0.15) is 0 Å². The molecule has 2 fully saturated rings. The molecule has 0 N–H and O–H groups in total. The van der Waals surface area contributed by atoms with Crippen molar-refractivity contribution in [3.63, 3.8) is 0 Å². The molecule has 0 aliphatic carbocycles. The lowest BCUT2D eigenvalue weighted by Crippen LogP contribution is -2.64. The van der Waals surface area contributed by atoms with E-state index in [0.717, 1.165) is 32.2 Å². The third-order valence-corrected chi connectivity index (χ3v) is 4.37. The van der Waals surface area contributed by atoms with Crippen LogP contribution in [0.3, 0.4) is 0 Å². The zero-order valence-electron chi connectivity index (χ0n) is 12.6. The van der Waals surface area contributed by atoms with Crippen molar-refractivity contribution in [3.8, 4) is 0 Å². The quantitative estimate of drug-likeness (QED) is 0.781. The first-order valence-corrected chi connectivity index (χ1v) is 7.60. The summed E-state index contributed by atoms with van der Waals surface area (Å²) < 4.78 is 0. The fraction of sp³-hybridized carbons (Fsp3) is 0.867. The number of carbonyl (C=O) groups excluding carboxylic acids is 2. The second kappa shape index (κ2) is 5.51. The maximum atomic E-state index is 12.7. The van der Waals surface area contributed by atoms with Crippen LogP contribution >= 0.6 is 0 Å². The van der Waals surface area contributed by atoms with E-state index in [4.69, 9.17) is 0 Å². The van der Waals surface area contributed by atoms with E-state index >= 15 is 0 Å². The van der Waals surface area contributed by atoms with Crippen molar-refractivity contribution in [2.75, 3.05) is 6.54 Å². The van der Waals surface area contributed by atoms with Crippen LogP contribution in [0.2, 0.25) is 0 Å². The maximum Gasteiger partial charge on any atom is 0.246 e. The molecule has 2 saturated heterocycles. The molecular weight excluding hydrogens is 240 g/mol. The van der Waals surface area contributed by atoms with Crippen LogP contribution in [0.1, 0.15) is 53.4 Å². The molecule has 3 unspecified atom stereocenters. The zero-order valence-corrected chi connectivity index (χ0v) is 12.6. The second-order valence-electron chi connectivity index (χ2n) is 6.34. The minimum absolute atomic E-state index is 0.157. The van der Waals surface area contributed by atoms with Crippen molar-refractivity contribution in [3.05, 3.63) is 0 Å². The molecule has 0 aromatic rings. The normalized spacial score (nSPS) is 29.1. The first kappa shape index (κ1) is 14.4. The highest BCUT2D eigenvalue weighted by Crippen LogP contribution is 2.30. The van der Waals surface area contributed by atoms with Gasteiger partial charge in [0.15, 0.2) is 0 Å². The van der Waals surface area contributed by atoms with Crippen molar-refractivity contribution in [1.82, 2.24) is 9.80 Å². The summed E-state index contributed by atoms with van der Waals surface area (Å²) in [6, 6.07) is -0.260. The Bertz CT molecular complexity index is 367. The molecule has 4 heteroatoms. The Morgan fingerprint density at radius 2 is 1.89 bits per heavy atom. The fourth-order valence-electron chi connectivity index (χ4n) is 3.61. The highest BCUT2D eigenvalue weighted by Gasteiger charge is 2.48. The first-order chi connectivity index (χ1) is 8.97. The molecule has 2 amide bonds. The Hall–Kier alpha value is -1.06. The molecule has 108 valence electrons. The van der Waals surface area contributed by atoms with E-state index in [1.807, 2.05) is 16.7 Å². The Balaban J connectivity index is 2.23. The molecule has 3 atom stereocenters. The van der Waals surface area contributed by atoms with Crippen LogP contribution < -0.4 is 0 Å². The number of hydrogen-bond acceptors (Lipinski definition) is 2. The monoisotopic (exact) mass is 266 g/mol. The van der Waals surface area contributed by atoms with E-state index in [2.05, 4.69) is 20.8 Å². The molecule has 4 nitrogen and oxygen atoms in total. The van der Waals surface area contributed by atoms with Crippen LogP contribution in [0.25, 0.3) is 0 Å². The summed E-state index contributed by atoms with van der Waals surface area (Å²) in [5.41, 5.74) is 0. The van der Waals surface area contributed by atoms with Crippen molar-refractivity contribution >= 4 is 11.8 Å². The smallest absolute Gasteiger partial charge is 0.246 e. The lowest BCUT2D eigenvalue weighted by Gasteiger charge is -2.45. The van der Waals surface area contributed by atoms with Gasteiger partial charge in [-0.1, -0.05) is 20.8 Å². The van der Waals surface area contributed by atoms with Crippen LogP contribution in [0.4, 0.5) is 0 Å². The molecule has 0 aromatic heterocycles. The summed E-state index contributed by atoms with van der Waals surface area (Å²) in [6.07, 6.45) is 3.48. The van der Waals surface area contributed by atoms with Gasteiger partial charge in [-0.05, 0) is 38.5 Å². The molecule has 2 rings (SSSR count). The highest BCUT2D eigenvalue weighted by atomic mass is 16.2. The fourth-order valence-corrected chi connectivity index (χ4v) is 3.61. The largest absolute Gasteiger partial charge is 0.329 e. The predicted octanol–water partition coefficient (Wildman–Crippen LogP) is 2.03. The molecule has 2 heterocycles. The molecule has 0 spiro atoms. The second-order valence-corrected chi connectivity index (χ2v) is 6.34. The van der Waals surface area contributed by atoms with Gasteiger partial charge < -0.3 is 9.80 Å². The summed E-state index contributed by atoms with van der Waals surface area (Å²) in [4.78, 5) is 28.9. The zero-order chi connectivity index (χ0) is 14.2. The Labute approximate surface area is 116 Å². The number of rotatable bonds is 4. The molecule has 0 aromatic carbocycles. The lowest BCUT2D eigenvalue weighted by atomic mass is 9.96. The first-order valence-electron chi connectivity index (χ1n) is 7.60. The van der Waals surface area contributed by atoms with Gasteiger partial charge in [0.05, 0.1) is 0 Å². The van der Waals surface area contributed by atoms with Crippen LogP contribution in [0.5, 0.6) is 0 Å². The number of amides is 2. The molecule has 2 aliphatic rings. The molecule has 19 heavy (non-hydrogen) atoms. The average molecular weight is 266 g/mol. The Kier molecular flexibility index (Phi) is 4.16.